The Balaban J connectivity index is 1.52. The molecule has 3 aliphatic carbocycles. The van der Waals surface area contributed by atoms with Crippen LogP contribution in [0.1, 0.15) is 30.4 Å². The number of carbonyl (C=O) groups excluding carboxylic acids is 3. The van der Waals surface area contributed by atoms with Crippen molar-refractivity contribution in [3.05, 3.63) is 46.2 Å². The van der Waals surface area contributed by atoms with Crippen LogP contribution in [0, 0.1) is 11.8 Å². The van der Waals surface area contributed by atoms with Crippen molar-refractivity contribution in [2.45, 2.75) is 49.5 Å². The number of ketones is 2. The minimum atomic E-state index is -2.62. The van der Waals surface area contributed by atoms with Crippen LogP contribution in [0.5, 0.6) is 5.75 Å². The Labute approximate surface area is 200 Å². The van der Waals surface area contributed by atoms with E-state index in [4.69, 9.17) is 10.5 Å². The van der Waals surface area contributed by atoms with E-state index in [-0.39, 0.29) is 35.5 Å². The van der Waals surface area contributed by atoms with Crippen LogP contribution < -0.4 is 5.73 Å². The number of nitrogens with two attached hydrogens (primary N) is 1. The van der Waals surface area contributed by atoms with Crippen LogP contribution in [0.25, 0.3) is 5.76 Å². The summed E-state index contributed by atoms with van der Waals surface area (Å²) in [5, 5.41) is 44.1. The lowest BCUT2D eigenvalue weighted by Gasteiger charge is -2.52. The van der Waals surface area contributed by atoms with Crippen LogP contribution in [0.3, 0.4) is 0 Å². The number of aliphatic hydroxyl groups is 3. The van der Waals surface area contributed by atoms with Crippen molar-refractivity contribution in [1.82, 2.24) is 4.90 Å². The topological polar surface area (TPSA) is 171 Å². The van der Waals surface area contributed by atoms with Crippen LogP contribution in [-0.2, 0) is 25.5 Å². The molecule has 184 valence electrons. The number of nitrogens with zero attached hydrogens (tertiary/aromatic N) is 1. The molecule has 2 unspecified atom stereocenters. The summed E-state index contributed by atoms with van der Waals surface area (Å²) in [6, 6.07) is 3.69. The number of carbonyl (C=O) groups is 3. The zero-order valence-corrected chi connectivity index (χ0v) is 18.8. The van der Waals surface area contributed by atoms with E-state index >= 15 is 0 Å². The van der Waals surface area contributed by atoms with Gasteiger partial charge in [0.2, 0.25) is 5.78 Å². The molecule has 6 rings (SSSR count). The maximum atomic E-state index is 13.9. The summed E-state index contributed by atoms with van der Waals surface area (Å²) in [5.74, 6) is -6.33. The van der Waals surface area contributed by atoms with Crippen LogP contribution in [-0.4, -0.2) is 79.7 Å². The molecule has 1 aromatic carbocycles. The van der Waals surface area contributed by atoms with Crippen molar-refractivity contribution in [2.24, 2.45) is 17.6 Å². The third-order valence-electron chi connectivity index (χ3n) is 8.37. The van der Waals surface area contributed by atoms with Gasteiger partial charge in [-0.15, -0.1) is 0 Å². The van der Waals surface area contributed by atoms with E-state index in [1.54, 1.807) is 12.1 Å². The number of aliphatic hydroxyl groups excluding tert-OH is 2. The van der Waals surface area contributed by atoms with Crippen molar-refractivity contribution in [3.63, 3.8) is 0 Å². The summed E-state index contributed by atoms with van der Waals surface area (Å²) < 4.78 is 5.88. The molecule has 6 N–H and O–H groups in total. The highest BCUT2D eigenvalue weighted by Crippen LogP contribution is 2.53. The van der Waals surface area contributed by atoms with Gasteiger partial charge in [-0.1, -0.05) is 12.1 Å². The Morgan fingerprint density at radius 2 is 1.80 bits per heavy atom. The molecule has 1 saturated carbocycles. The van der Waals surface area contributed by atoms with Crippen molar-refractivity contribution in [1.29, 1.82) is 0 Å². The highest BCUT2D eigenvalue weighted by Gasteiger charge is 2.65. The van der Waals surface area contributed by atoms with Gasteiger partial charge in [0.1, 0.15) is 22.8 Å². The van der Waals surface area contributed by atoms with E-state index in [1.165, 1.54) is 6.07 Å². The number of amides is 1. The SMILES string of the molecule is NC(=O)C1=C(O)[C@@]2(O)C(=O)C3=C(O)c4c(O)cccc4C[C@H]3C[C@H]2[C@@H](N2CC3CCC(C2)O3)C1=O. The van der Waals surface area contributed by atoms with Crippen LogP contribution in [0.4, 0.5) is 0 Å². The van der Waals surface area contributed by atoms with E-state index < -0.39 is 58.0 Å². The number of likely N-dealkylation sites (tertiary alicyclic amines) is 1. The summed E-state index contributed by atoms with van der Waals surface area (Å²) in [4.78, 5) is 41.5. The lowest BCUT2D eigenvalue weighted by molar-refractivity contribution is -0.159. The lowest BCUT2D eigenvalue weighted by atomic mass is 9.57. The van der Waals surface area contributed by atoms with Crippen molar-refractivity contribution < 1.29 is 39.5 Å². The zero-order chi connectivity index (χ0) is 24.8. The van der Waals surface area contributed by atoms with Crippen molar-refractivity contribution >= 4 is 23.2 Å². The van der Waals surface area contributed by atoms with Gasteiger partial charge in [0.15, 0.2) is 11.4 Å². The summed E-state index contributed by atoms with van der Waals surface area (Å²) >= 11 is 0. The molecule has 2 aliphatic heterocycles. The van der Waals surface area contributed by atoms with E-state index in [0.29, 0.717) is 25.1 Å². The third kappa shape index (κ3) is 2.90. The Hall–Kier alpha value is -3.21. The van der Waals surface area contributed by atoms with E-state index in [1.807, 2.05) is 4.90 Å². The number of phenolic OH excluding ortho intramolecular Hbond substituents is 1. The summed E-state index contributed by atoms with van der Waals surface area (Å²) in [6.45, 7) is 0.769. The fourth-order valence-electron chi connectivity index (χ4n) is 6.88. The predicted molar refractivity (Wildman–Crippen MR) is 120 cm³/mol. The number of phenols is 1. The molecule has 2 saturated heterocycles. The normalized spacial score (nSPS) is 36.7. The summed E-state index contributed by atoms with van der Waals surface area (Å²) in [5.41, 5.74) is 2.62. The molecule has 0 aromatic heterocycles. The number of primary amides is 1. The molecule has 6 atom stereocenters. The molecule has 35 heavy (non-hydrogen) atoms. The van der Waals surface area contributed by atoms with Gasteiger partial charge < -0.3 is 30.9 Å². The quantitative estimate of drug-likeness (QED) is 0.371. The summed E-state index contributed by atoms with van der Waals surface area (Å²) in [7, 11) is 0. The number of ether oxygens (including phenoxy) is 1. The Morgan fingerprint density at radius 3 is 2.46 bits per heavy atom. The second kappa shape index (κ2) is 7.39. The minimum Gasteiger partial charge on any atom is -0.508 e. The third-order valence-corrected chi connectivity index (χ3v) is 8.37. The number of fused-ring (bicyclic) bond motifs is 5. The maximum Gasteiger partial charge on any atom is 0.255 e. The number of rotatable bonds is 2. The van der Waals surface area contributed by atoms with Gasteiger partial charge in [-0.05, 0) is 43.2 Å². The first-order valence-corrected chi connectivity index (χ1v) is 11.8. The van der Waals surface area contributed by atoms with Gasteiger partial charge in [0.25, 0.3) is 5.91 Å². The molecule has 2 bridgehead atoms. The molecule has 1 aromatic rings. The van der Waals surface area contributed by atoms with Crippen LogP contribution in [0.15, 0.2) is 35.1 Å². The fourth-order valence-corrected chi connectivity index (χ4v) is 6.88. The first-order valence-electron chi connectivity index (χ1n) is 11.8. The molecule has 10 nitrogen and oxygen atoms in total. The monoisotopic (exact) mass is 482 g/mol. The largest absolute Gasteiger partial charge is 0.508 e. The van der Waals surface area contributed by atoms with Gasteiger partial charge in [0, 0.05) is 24.6 Å². The Morgan fingerprint density at radius 1 is 1.11 bits per heavy atom. The van der Waals surface area contributed by atoms with Crippen molar-refractivity contribution in [2.75, 3.05) is 13.1 Å². The van der Waals surface area contributed by atoms with Gasteiger partial charge in [-0.3, -0.25) is 19.3 Å². The Kier molecular flexibility index (Phi) is 4.70. The minimum absolute atomic E-state index is 0.0932. The highest BCUT2D eigenvalue weighted by atomic mass is 16.5. The molecule has 2 heterocycles. The standard InChI is InChI=1S/C25H26N2O8/c26-24(33)18-21(30)19(27-8-12-4-5-13(9-27)35-12)14-7-11-6-10-2-1-3-15(28)16(10)20(29)17(11)22(31)25(14,34)23(18)32/h1-3,11-14,19,28-29,32,34H,4-9H2,(H2,26,33)/t11-,12?,13?,14-,19+,25-/m0/s1. The number of Topliss-reactive ketones (excluding diaryl/α,β-unsaturated/α-hetero) is 2. The average Bonchev–Trinajstić information content (AvgIpc) is 3.13. The van der Waals surface area contributed by atoms with Crippen LogP contribution in [0.2, 0.25) is 0 Å². The molecule has 1 amide bonds. The lowest BCUT2D eigenvalue weighted by Crippen LogP contribution is -2.68. The molecule has 10 heteroatoms. The first kappa shape index (κ1) is 22.3. The Bertz CT molecular complexity index is 1240. The van der Waals surface area contributed by atoms with E-state index in [2.05, 4.69) is 0 Å². The smallest absolute Gasteiger partial charge is 0.255 e. The number of benzene rings is 1. The fraction of sp³-hybridized carbons (Fsp3) is 0.480. The number of aromatic hydroxyl groups is 1. The van der Waals surface area contributed by atoms with Gasteiger partial charge in [-0.25, -0.2) is 0 Å². The van der Waals surface area contributed by atoms with Crippen molar-refractivity contribution in [3.8, 4) is 5.75 Å². The van der Waals surface area contributed by atoms with E-state index in [0.717, 1.165) is 12.8 Å². The highest BCUT2D eigenvalue weighted by molar-refractivity contribution is 6.24. The molecule has 0 radical (unpaired) electrons. The predicted octanol–water partition coefficient (Wildman–Crippen LogP) is 0.266. The maximum absolute atomic E-state index is 13.9. The number of hydrogen-bond acceptors (Lipinski definition) is 9. The number of hydrogen-bond donors (Lipinski definition) is 5. The second-order valence-electron chi connectivity index (χ2n) is 10.2. The summed E-state index contributed by atoms with van der Waals surface area (Å²) in [6.07, 6.45) is 1.83. The van der Waals surface area contributed by atoms with Crippen LogP contribution >= 0.6 is 0 Å². The zero-order valence-electron chi connectivity index (χ0n) is 18.8. The van der Waals surface area contributed by atoms with Gasteiger partial charge >= 0.3 is 0 Å². The molecular weight excluding hydrogens is 456 g/mol. The molecule has 3 fully saturated rings. The number of morpholine rings is 1. The molecule has 5 aliphatic rings. The first-order chi connectivity index (χ1) is 16.6. The second-order valence-corrected chi connectivity index (χ2v) is 10.2. The average molecular weight is 482 g/mol. The van der Waals surface area contributed by atoms with Gasteiger partial charge in [0.05, 0.1) is 23.8 Å². The van der Waals surface area contributed by atoms with E-state index in [9.17, 15) is 34.8 Å². The molecule has 0 spiro atoms. The van der Waals surface area contributed by atoms with Gasteiger partial charge in [-0.2, -0.15) is 0 Å². The molecular formula is C25H26N2O8.